The maximum atomic E-state index is 5.33. The van der Waals surface area contributed by atoms with Crippen molar-refractivity contribution in [2.24, 2.45) is 16.8 Å². The van der Waals surface area contributed by atoms with E-state index in [1.807, 2.05) is 0 Å². The summed E-state index contributed by atoms with van der Waals surface area (Å²) < 4.78 is 0. The van der Waals surface area contributed by atoms with Crippen molar-refractivity contribution in [1.29, 1.82) is 0 Å². The molecule has 5 heteroatoms. The summed E-state index contributed by atoms with van der Waals surface area (Å²) in [6.45, 7) is 5.55. The van der Waals surface area contributed by atoms with Gasteiger partial charge in [0.15, 0.2) is 5.11 Å². The Morgan fingerprint density at radius 2 is 2.29 bits per heavy atom. The quantitative estimate of drug-likeness (QED) is 0.393. The van der Waals surface area contributed by atoms with Crippen LogP contribution in [0.4, 0.5) is 0 Å². The van der Waals surface area contributed by atoms with Gasteiger partial charge < -0.3 is 10.6 Å². The third-order valence-electron chi connectivity index (χ3n) is 2.86. The van der Waals surface area contributed by atoms with Crippen LogP contribution < -0.4 is 16.1 Å². The first-order valence-corrected chi connectivity index (χ1v) is 5.35. The second kappa shape index (κ2) is 4.70. The van der Waals surface area contributed by atoms with E-state index in [9.17, 15) is 0 Å². The Morgan fingerprint density at radius 1 is 1.64 bits per heavy atom. The number of quaternary nitrogens is 1. The van der Waals surface area contributed by atoms with E-state index in [1.54, 1.807) is 4.90 Å². The summed E-state index contributed by atoms with van der Waals surface area (Å²) in [5.74, 6) is 0.507. The molecule has 14 heavy (non-hydrogen) atoms. The number of likely N-dealkylation sites (tertiary alicyclic amines) is 1. The molecule has 0 aromatic heterocycles. The summed E-state index contributed by atoms with van der Waals surface area (Å²) in [4.78, 5) is 1.56. The summed E-state index contributed by atoms with van der Waals surface area (Å²) in [6, 6.07) is 0.623. The van der Waals surface area contributed by atoms with Crippen molar-refractivity contribution in [3.63, 3.8) is 0 Å². The molecule has 1 saturated heterocycles. The Balaban J connectivity index is 2.60. The smallest absolute Gasteiger partial charge is 0.184 e. The first-order chi connectivity index (χ1) is 6.50. The number of rotatable bonds is 1. The molecule has 4 nitrogen and oxygen atoms in total. The molecule has 4 N–H and O–H groups in total. The lowest BCUT2D eigenvalue weighted by Crippen LogP contribution is -3.14. The molecule has 0 bridgehead atoms. The maximum Gasteiger partial charge on any atom is 0.184 e. The highest BCUT2D eigenvalue weighted by molar-refractivity contribution is 7.80. The van der Waals surface area contributed by atoms with Crippen LogP contribution in [0.2, 0.25) is 0 Å². The van der Waals surface area contributed by atoms with Crippen LogP contribution in [-0.2, 0) is 0 Å². The van der Waals surface area contributed by atoms with Gasteiger partial charge in [-0.25, -0.2) is 0 Å². The second-order valence-electron chi connectivity index (χ2n) is 4.14. The number of nitrogens with zero attached hydrogens (tertiary/aromatic N) is 1. The van der Waals surface area contributed by atoms with Crippen molar-refractivity contribution in [3.05, 3.63) is 0 Å². The zero-order valence-corrected chi connectivity index (χ0v) is 9.82. The second-order valence-corrected chi connectivity index (χ2v) is 4.58. The van der Waals surface area contributed by atoms with Gasteiger partial charge in [-0.15, -0.1) is 0 Å². The Kier molecular flexibility index (Phi) is 3.83. The molecule has 80 valence electrons. The highest BCUT2D eigenvalue weighted by atomic mass is 32.1. The zero-order valence-electron chi connectivity index (χ0n) is 9.00. The lowest BCUT2D eigenvalue weighted by molar-refractivity contribution is -0.908. The molecule has 1 heterocycles. The molecule has 1 unspecified atom stereocenters. The Labute approximate surface area is 90.5 Å². The number of nitrogens with one attached hydrogen (secondary N) is 2. The third kappa shape index (κ3) is 2.92. The lowest BCUT2D eigenvalue weighted by Gasteiger charge is -2.31. The van der Waals surface area contributed by atoms with Gasteiger partial charge in [-0.05, 0) is 19.1 Å². The molecule has 1 fully saturated rings. The van der Waals surface area contributed by atoms with Gasteiger partial charge in [-0.3, -0.25) is 5.43 Å². The number of nitrogens with two attached hydrogens (primary N) is 1. The van der Waals surface area contributed by atoms with Gasteiger partial charge in [0.2, 0.25) is 0 Å². The number of hydrogen-bond donors (Lipinski definition) is 3. The summed E-state index contributed by atoms with van der Waals surface area (Å²) in [7, 11) is 2.22. The average molecular weight is 215 g/mol. The molecule has 0 aliphatic carbocycles. The minimum Gasteiger partial charge on any atom is -0.375 e. The van der Waals surface area contributed by atoms with E-state index in [0.717, 1.165) is 13.0 Å². The van der Waals surface area contributed by atoms with E-state index < -0.39 is 0 Å². The van der Waals surface area contributed by atoms with Crippen LogP contribution in [0.25, 0.3) is 0 Å². The van der Waals surface area contributed by atoms with Crippen molar-refractivity contribution in [1.82, 2.24) is 5.43 Å². The SMILES string of the molecule is C[C@@H]1C[NH+](C)[C@H](C)CC1=NNC(N)=S. The Hall–Kier alpha value is -0.680. The van der Waals surface area contributed by atoms with Crippen LogP contribution in [0, 0.1) is 5.92 Å². The fourth-order valence-corrected chi connectivity index (χ4v) is 1.82. The van der Waals surface area contributed by atoms with Crippen molar-refractivity contribution in [2.45, 2.75) is 26.3 Å². The van der Waals surface area contributed by atoms with E-state index in [-0.39, 0.29) is 5.11 Å². The van der Waals surface area contributed by atoms with E-state index in [4.69, 9.17) is 18.0 Å². The number of thiocarbonyl (C=S) groups is 1. The number of hydrogen-bond acceptors (Lipinski definition) is 2. The summed E-state index contributed by atoms with van der Waals surface area (Å²) in [6.07, 6.45) is 1.02. The fraction of sp³-hybridized carbons (Fsp3) is 0.778. The topological polar surface area (TPSA) is 54.8 Å². The van der Waals surface area contributed by atoms with Gasteiger partial charge in [0.25, 0.3) is 0 Å². The van der Waals surface area contributed by atoms with Gasteiger partial charge >= 0.3 is 0 Å². The molecule has 0 aromatic carbocycles. The molecule has 0 amide bonds. The molecule has 0 aromatic rings. The Bertz CT molecular complexity index is 251. The van der Waals surface area contributed by atoms with Crippen LogP contribution in [-0.4, -0.2) is 30.5 Å². The van der Waals surface area contributed by atoms with Gasteiger partial charge in [0, 0.05) is 12.3 Å². The predicted molar refractivity (Wildman–Crippen MR) is 62.4 cm³/mol. The minimum atomic E-state index is 0.239. The molecule has 1 aliphatic heterocycles. The van der Waals surface area contributed by atoms with Crippen LogP contribution in [0.5, 0.6) is 0 Å². The highest BCUT2D eigenvalue weighted by Crippen LogP contribution is 2.07. The lowest BCUT2D eigenvalue weighted by atomic mass is 9.93. The molecule has 0 radical (unpaired) electrons. The van der Waals surface area contributed by atoms with Gasteiger partial charge in [-0.2, -0.15) is 5.10 Å². The normalized spacial score (nSPS) is 35.6. The maximum absolute atomic E-state index is 5.33. The molecule has 3 atom stereocenters. The van der Waals surface area contributed by atoms with Crippen molar-refractivity contribution < 1.29 is 4.90 Å². The highest BCUT2D eigenvalue weighted by Gasteiger charge is 2.28. The third-order valence-corrected chi connectivity index (χ3v) is 2.95. The zero-order chi connectivity index (χ0) is 10.7. The Morgan fingerprint density at radius 3 is 2.86 bits per heavy atom. The monoisotopic (exact) mass is 215 g/mol. The van der Waals surface area contributed by atoms with Crippen molar-refractivity contribution >= 4 is 23.0 Å². The van der Waals surface area contributed by atoms with Gasteiger partial charge in [-0.1, -0.05) is 6.92 Å². The van der Waals surface area contributed by atoms with E-state index in [2.05, 4.69) is 31.4 Å². The molecule has 1 aliphatic rings. The van der Waals surface area contributed by atoms with Crippen molar-refractivity contribution in [2.75, 3.05) is 13.6 Å². The molecule has 0 spiro atoms. The summed E-state index contributed by atoms with van der Waals surface area (Å²) >= 11 is 4.71. The summed E-state index contributed by atoms with van der Waals surface area (Å²) in [5, 5.41) is 4.48. The predicted octanol–water partition coefficient (Wildman–Crippen LogP) is -0.881. The number of hydrazone groups is 1. The van der Waals surface area contributed by atoms with E-state index in [1.165, 1.54) is 5.71 Å². The standard InChI is InChI=1S/C9H18N4S/c1-6-5-13(3)7(2)4-8(6)11-12-9(10)14/h6-7H,4-5H2,1-3H3,(H3,10,12,14)/p+1/t6-,7-/m1/s1. The first kappa shape index (κ1) is 11.4. The van der Waals surface area contributed by atoms with E-state index in [0.29, 0.717) is 12.0 Å². The van der Waals surface area contributed by atoms with Crippen LogP contribution >= 0.6 is 12.2 Å². The number of piperidine rings is 1. The van der Waals surface area contributed by atoms with Gasteiger partial charge in [0.1, 0.15) is 0 Å². The van der Waals surface area contributed by atoms with Gasteiger partial charge in [0.05, 0.1) is 25.3 Å². The molecular weight excluding hydrogens is 196 g/mol. The van der Waals surface area contributed by atoms with Crippen molar-refractivity contribution in [3.8, 4) is 0 Å². The average Bonchev–Trinajstić information content (AvgIpc) is 2.09. The summed E-state index contributed by atoms with van der Waals surface area (Å²) in [5.41, 5.74) is 9.17. The van der Waals surface area contributed by atoms with Crippen LogP contribution in [0.3, 0.4) is 0 Å². The molecule has 0 saturated carbocycles. The van der Waals surface area contributed by atoms with Crippen LogP contribution in [0.15, 0.2) is 5.10 Å². The molecular formula is C9H19N4S+. The largest absolute Gasteiger partial charge is 0.375 e. The minimum absolute atomic E-state index is 0.239. The first-order valence-electron chi connectivity index (χ1n) is 4.95. The van der Waals surface area contributed by atoms with Crippen LogP contribution in [0.1, 0.15) is 20.3 Å². The molecule has 1 rings (SSSR count). The fourth-order valence-electron chi connectivity index (χ4n) is 1.77. The van der Waals surface area contributed by atoms with E-state index >= 15 is 0 Å².